The number of esters is 2. The van der Waals surface area contributed by atoms with E-state index >= 15 is 0 Å². The number of carbonyl (C=O) groups is 2. The molecule has 5 nitrogen and oxygen atoms in total. The molecule has 0 aliphatic carbocycles. The van der Waals surface area contributed by atoms with Gasteiger partial charge in [0.15, 0.2) is 0 Å². The highest BCUT2D eigenvalue weighted by atomic mass is 16.6. The summed E-state index contributed by atoms with van der Waals surface area (Å²) < 4.78 is 9.40. The van der Waals surface area contributed by atoms with Gasteiger partial charge in [-0.1, -0.05) is 20.8 Å². The number of rotatable bonds is 1. The maximum absolute atomic E-state index is 11.4. The van der Waals surface area contributed by atoms with Gasteiger partial charge in [0.05, 0.1) is 7.11 Å². The van der Waals surface area contributed by atoms with Crippen LogP contribution in [0.5, 0.6) is 0 Å². The standard InChI is InChI=1S/C10H14O5/c1-10(2,3)7-5(8(12)14-4)6(11)9(13)15-7/h7,11H,1-4H3/t7-/m0/s1. The molecule has 1 aliphatic rings. The zero-order chi connectivity index (χ0) is 11.8. The molecule has 0 saturated carbocycles. The SMILES string of the molecule is COC(=O)C1=C(O)C(=O)O[C@@H]1C(C)(C)C. The minimum absolute atomic E-state index is 0.102. The van der Waals surface area contributed by atoms with E-state index < -0.39 is 29.2 Å². The first-order valence-electron chi connectivity index (χ1n) is 4.51. The van der Waals surface area contributed by atoms with Gasteiger partial charge >= 0.3 is 11.9 Å². The fourth-order valence-electron chi connectivity index (χ4n) is 1.38. The highest BCUT2D eigenvalue weighted by molar-refractivity contribution is 6.02. The zero-order valence-corrected chi connectivity index (χ0v) is 9.16. The van der Waals surface area contributed by atoms with Gasteiger partial charge in [-0.3, -0.25) is 0 Å². The van der Waals surface area contributed by atoms with Crippen molar-refractivity contribution in [2.75, 3.05) is 7.11 Å². The highest BCUT2D eigenvalue weighted by Crippen LogP contribution is 2.34. The van der Waals surface area contributed by atoms with E-state index in [1.165, 1.54) is 7.11 Å². The molecular weight excluding hydrogens is 200 g/mol. The van der Waals surface area contributed by atoms with Crippen LogP contribution in [0.1, 0.15) is 20.8 Å². The lowest BCUT2D eigenvalue weighted by molar-refractivity contribution is -0.146. The summed E-state index contributed by atoms with van der Waals surface area (Å²) in [6, 6.07) is 0. The number of ether oxygens (including phenoxy) is 2. The van der Waals surface area contributed by atoms with E-state index in [2.05, 4.69) is 4.74 Å². The molecule has 0 aromatic carbocycles. The summed E-state index contributed by atoms with van der Waals surface area (Å²) in [5, 5.41) is 9.40. The first-order valence-corrected chi connectivity index (χ1v) is 4.51. The quantitative estimate of drug-likeness (QED) is 0.658. The second kappa shape index (κ2) is 3.56. The van der Waals surface area contributed by atoms with Crippen molar-refractivity contribution in [3.63, 3.8) is 0 Å². The van der Waals surface area contributed by atoms with Crippen molar-refractivity contribution >= 4 is 11.9 Å². The molecule has 1 N–H and O–H groups in total. The Morgan fingerprint density at radius 1 is 1.47 bits per heavy atom. The summed E-state index contributed by atoms with van der Waals surface area (Å²) in [5.74, 6) is -2.27. The molecule has 0 aromatic rings. The third kappa shape index (κ3) is 1.95. The molecule has 15 heavy (non-hydrogen) atoms. The molecule has 1 heterocycles. The first kappa shape index (κ1) is 11.6. The number of aliphatic hydroxyl groups is 1. The second-order valence-corrected chi connectivity index (χ2v) is 4.41. The lowest BCUT2D eigenvalue weighted by atomic mass is 9.85. The largest absolute Gasteiger partial charge is 0.501 e. The van der Waals surface area contributed by atoms with Gasteiger partial charge in [-0.05, 0) is 0 Å². The smallest absolute Gasteiger partial charge is 0.374 e. The van der Waals surface area contributed by atoms with Crippen molar-refractivity contribution in [2.24, 2.45) is 5.41 Å². The molecule has 1 aliphatic heterocycles. The molecule has 0 aromatic heterocycles. The number of cyclic esters (lactones) is 1. The van der Waals surface area contributed by atoms with Gasteiger partial charge in [0, 0.05) is 5.41 Å². The zero-order valence-electron chi connectivity index (χ0n) is 9.16. The van der Waals surface area contributed by atoms with E-state index in [1.807, 2.05) is 0 Å². The van der Waals surface area contributed by atoms with Crippen molar-refractivity contribution in [3.8, 4) is 0 Å². The fraction of sp³-hybridized carbons (Fsp3) is 0.600. The van der Waals surface area contributed by atoms with Gasteiger partial charge in [-0.2, -0.15) is 0 Å². The third-order valence-corrected chi connectivity index (χ3v) is 2.13. The van der Waals surface area contributed by atoms with E-state index in [1.54, 1.807) is 20.8 Å². The van der Waals surface area contributed by atoms with E-state index in [0.717, 1.165) is 0 Å². The van der Waals surface area contributed by atoms with Gasteiger partial charge < -0.3 is 14.6 Å². The van der Waals surface area contributed by atoms with Crippen molar-refractivity contribution in [1.29, 1.82) is 0 Å². The van der Waals surface area contributed by atoms with E-state index in [4.69, 9.17) is 4.74 Å². The van der Waals surface area contributed by atoms with Crippen LogP contribution in [0.2, 0.25) is 0 Å². The molecule has 1 atom stereocenters. The Labute approximate surface area is 87.7 Å². The van der Waals surface area contributed by atoms with Crippen LogP contribution < -0.4 is 0 Å². The lowest BCUT2D eigenvalue weighted by Gasteiger charge is -2.26. The van der Waals surface area contributed by atoms with Gasteiger partial charge in [-0.25, -0.2) is 9.59 Å². The number of hydrogen-bond acceptors (Lipinski definition) is 5. The molecule has 0 amide bonds. The molecule has 84 valence electrons. The average Bonchev–Trinajstić information content (AvgIpc) is 2.42. The minimum atomic E-state index is -0.879. The Morgan fingerprint density at radius 3 is 2.40 bits per heavy atom. The minimum Gasteiger partial charge on any atom is -0.501 e. The fourth-order valence-corrected chi connectivity index (χ4v) is 1.38. The summed E-state index contributed by atoms with van der Waals surface area (Å²) in [5.41, 5.74) is -0.570. The van der Waals surface area contributed by atoms with Crippen molar-refractivity contribution < 1.29 is 24.2 Å². The third-order valence-electron chi connectivity index (χ3n) is 2.13. The predicted octanol–water partition coefficient (Wildman–Crippen LogP) is 0.943. The number of carbonyl (C=O) groups excluding carboxylic acids is 2. The summed E-state index contributed by atoms with van der Waals surface area (Å²) in [7, 11) is 1.19. The van der Waals surface area contributed by atoms with Crippen LogP contribution in [0.3, 0.4) is 0 Å². The highest BCUT2D eigenvalue weighted by Gasteiger charge is 2.45. The first-order chi connectivity index (χ1) is 6.79. The van der Waals surface area contributed by atoms with Crippen molar-refractivity contribution in [2.45, 2.75) is 26.9 Å². The van der Waals surface area contributed by atoms with E-state index in [9.17, 15) is 14.7 Å². The van der Waals surface area contributed by atoms with Crippen LogP contribution >= 0.6 is 0 Å². The Hall–Kier alpha value is -1.52. The van der Waals surface area contributed by atoms with Gasteiger partial charge in [0.1, 0.15) is 11.7 Å². The van der Waals surface area contributed by atoms with Crippen LogP contribution in [0.15, 0.2) is 11.3 Å². The van der Waals surface area contributed by atoms with Crippen LogP contribution in [0.4, 0.5) is 0 Å². The van der Waals surface area contributed by atoms with Gasteiger partial charge in [0.2, 0.25) is 5.76 Å². The van der Waals surface area contributed by atoms with Crippen LogP contribution in [-0.2, 0) is 19.1 Å². The molecule has 0 fully saturated rings. The molecule has 1 rings (SSSR count). The molecule has 5 heteroatoms. The molecule has 0 saturated heterocycles. The van der Waals surface area contributed by atoms with Crippen LogP contribution in [0.25, 0.3) is 0 Å². The summed E-state index contributed by atoms with van der Waals surface area (Å²) >= 11 is 0. The van der Waals surface area contributed by atoms with E-state index in [0.29, 0.717) is 0 Å². The monoisotopic (exact) mass is 214 g/mol. The summed E-state index contributed by atoms with van der Waals surface area (Å²) in [6.45, 7) is 5.39. The topological polar surface area (TPSA) is 72.8 Å². The van der Waals surface area contributed by atoms with E-state index in [-0.39, 0.29) is 5.57 Å². The van der Waals surface area contributed by atoms with Crippen LogP contribution in [-0.4, -0.2) is 30.3 Å². The summed E-state index contributed by atoms with van der Waals surface area (Å²) in [4.78, 5) is 22.5. The maximum Gasteiger partial charge on any atom is 0.374 e. The molecule has 0 spiro atoms. The summed E-state index contributed by atoms with van der Waals surface area (Å²) in [6.07, 6.45) is -0.766. The molecule has 0 bridgehead atoms. The molecule has 0 radical (unpaired) electrons. The Balaban J connectivity index is 3.15. The average molecular weight is 214 g/mol. The number of methoxy groups -OCH3 is 1. The maximum atomic E-state index is 11.4. The Morgan fingerprint density at radius 2 is 2.00 bits per heavy atom. The normalized spacial score (nSPS) is 21.6. The van der Waals surface area contributed by atoms with Crippen molar-refractivity contribution in [3.05, 3.63) is 11.3 Å². The van der Waals surface area contributed by atoms with Gasteiger partial charge in [-0.15, -0.1) is 0 Å². The predicted molar refractivity (Wildman–Crippen MR) is 51.0 cm³/mol. The second-order valence-electron chi connectivity index (χ2n) is 4.41. The van der Waals surface area contributed by atoms with Crippen LogP contribution in [0, 0.1) is 5.41 Å². The Bertz CT molecular complexity index is 334. The lowest BCUT2D eigenvalue weighted by Crippen LogP contribution is -2.32. The molecular formula is C10H14O5. The van der Waals surface area contributed by atoms with Crippen molar-refractivity contribution in [1.82, 2.24) is 0 Å². The number of aliphatic hydroxyl groups excluding tert-OH is 1. The Kier molecular flexibility index (Phi) is 2.75. The molecule has 0 unspecified atom stereocenters. The number of hydrogen-bond donors (Lipinski definition) is 1. The van der Waals surface area contributed by atoms with Gasteiger partial charge in [0.25, 0.3) is 0 Å².